The summed E-state index contributed by atoms with van der Waals surface area (Å²) in [6, 6.07) is 18.2. The van der Waals surface area contributed by atoms with E-state index in [4.69, 9.17) is 10.5 Å². The minimum Gasteiger partial charge on any atom is -0.489 e. The van der Waals surface area contributed by atoms with Crippen molar-refractivity contribution >= 4 is 6.08 Å². The average molecular weight is 253 g/mol. The van der Waals surface area contributed by atoms with E-state index >= 15 is 0 Å². The van der Waals surface area contributed by atoms with Gasteiger partial charge in [0.15, 0.2) is 0 Å². The van der Waals surface area contributed by atoms with E-state index in [-0.39, 0.29) is 0 Å². The maximum atomic E-state index is 5.78. The van der Waals surface area contributed by atoms with Gasteiger partial charge >= 0.3 is 0 Å². The van der Waals surface area contributed by atoms with Gasteiger partial charge in [0.2, 0.25) is 0 Å². The normalized spacial score (nSPS) is 10.8. The molecule has 0 atom stereocenters. The van der Waals surface area contributed by atoms with Gasteiger partial charge in [0.1, 0.15) is 12.4 Å². The number of hydrogen-bond acceptors (Lipinski definition) is 2. The van der Waals surface area contributed by atoms with E-state index in [9.17, 15) is 0 Å². The first kappa shape index (κ1) is 13.4. The Hall–Kier alpha value is -2.06. The molecule has 0 aromatic heterocycles. The van der Waals surface area contributed by atoms with Crippen molar-refractivity contribution in [2.75, 3.05) is 6.54 Å². The summed E-state index contributed by atoms with van der Waals surface area (Å²) >= 11 is 0. The molecule has 0 spiro atoms. The lowest BCUT2D eigenvalue weighted by Crippen LogP contribution is -1.95. The van der Waals surface area contributed by atoms with E-state index in [2.05, 4.69) is 30.4 Å². The van der Waals surface area contributed by atoms with Crippen LogP contribution in [0.2, 0.25) is 0 Å². The van der Waals surface area contributed by atoms with Crippen LogP contribution >= 0.6 is 0 Å². The predicted octanol–water partition coefficient (Wildman–Crippen LogP) is 3.63. The van der Waals surface area contributed by atoms with Crippen molar-refractivity contribution in [1.29, 1.82) is 0 Å². The molecule has 2 aromatic rings. The zero-order valence-electron chi connectivity index (χ0n) is 11.0. The Morgan fingerprint density at radius 2 is 1.84 bits per heavy atom. The molecule has 0 radical (unpaired) electrons. The van der Waals surface area contributed by atoms with Gasteiger partial charge in [0.25, 0.3) is 0 Å². The van der Waals surface area contributed by atoms with Gasteiger partial charge in [-0.1, -0.05) is 54.6 Å². The Bertz CT molecular complexity index is 520. The fourth-order valence-electron chi connectivity index (χ4n) is 1.76. The number of nitrogens with two attached hydrogens (primary N) is 1. The lowest BCUT2D eigenvalue weighted by molar-refractivity contribution is 0.306. The predicted molar refractivity (Wildman–Crippen MR) is 79.9 cm³/mol. The summed E-state index contributed by atoms with van der Waals surface area (Å²) < 4.78 is 5.78. The SMILES string of the molecule is NCCC=Cc1cccc(OCc2ccccc2)c1. The fraction of sp³-hybridized carbons (Fsp3) is 0.176. The fourth-order valence-corrected chi connectivity index (χ4v) is 1.76. The lowest BCUT2D eigenvalue weighted by Gasteiger charge is -2.06. The second-order valence-electron chi connectivity index (χ2n) is 4.33. The molecule has 2 N–H and O–H groups in total. The number of ether oxygens (including phenoxy) is 1. The summed E-state index contributed by atoms with van der Waals surface area (Å²) in [5, 5.41) is 0. The Balaban J connectivity index is 1.95. The second-order valence-corrected chi connectivity index (χ2v) is 4.33. The Labute approximate surface area is 114 Å². The van der Waals surface area contributed by atoms with Crippen molar-refractivity contribution in [3.05, 3.63) is 71.8 Å². The van der Waals surface area contributed by atoms with Crippen LogP contribution in [-0.4, -0.2) is 6.54 Å². The summed E-state index contributed by atoms with van der Waals surface area (Å²) in [5.74, 6) is 0.888. The highest BCUT2D eigenvalue weighted by molar-refractivity contribution is 5.51. The topological polar surface area (TPSA) is 35.2 Å². The Morgan fingerprint density at radius 1 is 1.00 bits per heavy atom. The Kier molecular flexibility index (Phi) is 5.20. The van der Waals surface area contributed by atoms with Crippen LogP contribution in [0.1, 0.15) is 17.5 Å². The van der Waals surface area contributed by atoms with E-state index in [0.717, 1.165) is 17.7 Å². The van der Waals surface area contributed by atoms with Crippen LogP contribution in [0.3, 0.4) is 0 Å². The minimum atomic E-state index is 0.594. The van der Waals surface area contributed by atoms with E-state index in [1.54, 1.807) is 0 Å². The van der Waals surface area contributed by atoms with E-state index in [1.165, 1.54) is 5.56 Å². The monoisotopic (exact) mass is 253 g/mol. The molecule has 0 heterocycles. The van der Waals surface area contributed by atoms with Crippen molar-refractivity contribution in [1.82, 2.24) is 0 Å². The molecule has 2 rings (SSSR count). The lowest BCUT2D eigenvalue weighted by atomic mass is 10.2. The van der Waals surface area contributed by atoms with Gasteiger partial charge in [-0.3, -0.25) is 0 Å². The average Bonchev–Trinajstić information content (AvgIpc) is 2.47. The molecule has 0 fully saturated rings. The molecule has 98 valence electrons. The van der Waals surface area contributed by atoms with Gasteiger partial charge in [-0.15, -0.1) is 0 Å². The summed E-state index contributed by atoms with van der Waals surface area (Å²) in [6.45, 7) is 1.28. The smallest absolute Gasteiger partial charge is 0.120 e. The molecule has 0 unspecified atom stereocenters. The number of rotatable bonds is 6. The zero-order valence-corrected chi connectivity index (χ0v) is 11.0. The van der Waals surface area contributed by atoms with Gasteiger partial charge in [-0.2, -0.15) is 0 Å². The van der Waals surface area contributed by atoms with Gasteiger partial charge in [0.05, 0.1) is 0 Å². The van der Waals surface area contributed by atoms with Gasteiger partial charge < -0.3 is 10.5 Å². The molecule has 2 nitrogen and oxygen atoms in total. The molecule has 0 aliphatic rings. The summed E-state index contributed by atoms with van der Waals surface area (Å²) in [6.07, 6.45) is 5.05. The largest absolute Gasteiger partial charge is 0.489 e. The molecular formula is C17H19NO. The van der Waals surface area contributed by atoms with Crippen LogP contribution in [-0.2, 0) is 6.61 Å². The minimum absolute atomic E-state index is 0.594. The van der Waals surface area contributed by atoms with Gasteiger partial charge in [0, 0.05) is 0 Å². The van der Waals surface area contributed by atoms with Crippen molar-refractivity contribution < 1.29 is 4.74 Å². The quantitative estimate of drug-likeness (QED) is 0.853. The maximum absolute atomic E-state index is 5.78. The summed E-state index contributed by atoms with van der Waals surface area (Å²) in [4.78, 5) is 0. The zero-order chi connectivity index (χ0) is 13.3. The van der Waals surface area contributed by atoms with Crippen LogP contribution < -0.4 is 10.5 Å². The van der Waals surface area contributed by atoms with Crippen molar-refractivity contribution in [3.8, 4) is 5.75 Å². The first-order valence-electron chi connectivity index (χ1n) is 6.52. The molecule has 0 saturated carbocycles. The van der Waals surface area contributed by atoms with Gasteiger partial charge in [-0.25, -0.2) is 0 Å². The van der Waals surface area contributed by atoms with Crippen LogP contribution in [0, 0.1) is 0 Å². The van der Waals surface area contributed by atoms with Crippen molar-refractivity contribution in [2.45, 2.75) is 13.0 Å². The third-order valence-electron chi connectivity index (χ3n) is 2.75. The highest BCUT2D eigenvalue weighted by atomic mass is 16.5. The first-order valence-corrected chi connectivity index (χ1v) is 6.52. The van der Waals surface area contributed by atoms with Crippen LogP contribution in [0.15, 0.2) is 60.7 Å². The highest BCUT2D eigenvalue weighted by Gasteiger charge is 1.96. The number of benzene rings is 2. The van der Waals surface area contributed by atoms with Crippen molar-refractivity contribution in [3.63, 3.8) is 0 Å². The standard InChI is InChI=1S/C17H19NO/c18-12-5-4-7-15-10-6-11-17(13-15)19-14-16-8-2-1-3-9-16/h1-4,6-11,13H,5,12,14,18H2. The van der Waals surface area contributed by atoms with E-state index in [1.807, 2.05) is 36.4 Å². The molecule has 0 amide bonds. The summed E-state index contributed by atoms with van der Waals surface area (Å²) in [7, 11) is 0. The van der Waals surface area contributed by atoms with Crippen LogP contribution in [0.5, 0.6) is 5.75 Å². The highest BCUT2D eigenvalue weighted by Crippen LogP contribution is 2.16. The third-order valence-corrected chi connectivity index (χ3v) is 2.75. The molecule has 19 heavy (non-hydrogen) atoms. The molecule has 0 aliphatic heterocycles. The third kappa shape index (κ3) is 4.60. The van der Waals surface area contributed by atoms with Crippen LogP contribution in [0.4, 0.5) is 0 Å². The van der Waals surface area contributed by atoms with Gasteiger partial charge in [-0.05, 0) is 36.2 Å². The Morgan fingerprint density at radius 3 is 2.63 bits per heavy atom. The van der Waals surface area contributed by atoms with E-state index in [0.29, 0.717) is 13.2 Å². The molecule has 0 aliphatic carbocycles. The molecule has 2 aromatic carbocycles. The molecule has 2 heteroatoms. The first-order chi connectivity index (χ1) is 9.38. The molecule has 0 saturated heterocycles. The van der Waals surface area contributed by atoms with E-state index < -0.39 is 0 Å². The molecule has 0 bridgehead atoms. The second kappa shape index (κ2) is 7.39. The van der Waals surface area contributed by atoms with Crippen LogP contribution in [0.25, 0.3) is 6.08 Å². The number of hydrogen-bond donors (Lipinski definition) is 1. The maximum Gasteiger partial charge on any atom is 0.120 e. The van der Waals surface area contributed by atoms with Crippen molar-refractivity contribution in [2.24, 2.45) is 5.73 Å². The molecular weight excluding hydrogens is 234 g/mol. The summed E-state index contributed by atoms with van der Waals surface area (Å²) in [5.41, 5.74) is 7.77.